The molecule has 0 aliphatic carbocycles. The van der Waals surface area contributed by atoms with Crippen molar-refractivity contribution in [2.45, 2.75) is 6.42 Å². The fraction of sp³-hybridized carbons (Fsp3) is 0.500. The maximum atomic E-state index is 10.9. The largest absolute Gasteiger partial charge is 0.368 e. The molecule has 1 rings (SSSR count). The third-order valence-electron chi connectivity index (χ3n) is 1.49. The van der Waals surface area contributed by atoms with E-state index in [2.05, 4.69) is 5.32 Å². The zero-order valence-corrected chi connectivity index (χ0v) is 6.37. The molecule has 1 aliphatic rings. The Morgan fingerprint density at radius 2 is 2.25 bits per heavy atom. The molecule has 1 heterocycles. The second-order valence-corrected chi connectivity index (χ2v) is 2.49. The number of primary amides is 1. The second-order valence-electron chi connectivity index (χ2n) is 2.49. The number of urea groups is 1. The minimum absolute atomic E-state index is 0.140. The lowest BCUT2D eigenvalue weighted by molar-refractivity contribution is -0.123. The fourth-order valence-corrected chi connectivity index (χ4v) is 0.938. The Bertz CT molecular complexity index is 238. The van der Waals surface area contributed by atoms with Gasteiger partial charge in [-0.25, -0.2) is 4.79 Å². The van der Waals surface area contributed by atoms with E-state index < -0.39 is 11.9 Å². The topological polar surface area (TPSA) is 92.5 Å². The number of carbonyl (C=O) groups excluding carboxylic acids is 3. The molecular weight excluding hydrogens is 162 g/mol. The highest BCUT2D eigenvalue weighted by Crippen LogP contribution is 1.98. The average Bonchev–Trinajstić information content (AvgIpc) is 1.94. The molecule has 4 amide bonds. The molecule has 0 radical (unpaired) electrons. The van der Waals surface area contributed by atoms with Gasteiger partial charge < -0.3 is 10.6 Å². The monoisotopic (exact) mass is 171 g/mol. The summed E-state index contributed by atoms with van der Waals surface area (Å²) in [4.78, 5) is 33.2. The molecule has 0 unspecified atom stereocenters. The molecule has 0 aromatic rings. The Kier molecular flexibility index (Phi) is 2.27. The standard InChI is InChI=1S/C6H9N3O3/c7-4(10)3-9-2-1-5(11)8-6(9)12/h1-3H2,(H2,7,10)(H,8,11,12). The van der Waals surface area contributed by atoms with Crippen LogP contribution < -0.4 is 11.1 Å². The average molecular weight is 171 g/mol. The van der Waals surface area contributed by atoms with E-state index in [1.807, 2.05) is 0 Å². The normalized spacial score (nSPS) is 17.5. The van der Waals surface area contributed by atoms with E-state index >= 15 is 0 Å². The van der Waals surface area contributed by atoms with Gasteiger partial charge in [0.2, 0.25) is 11.8 Å². The van der Waals surface area contributed by atoms with Crippen molar-refractivity contribution >= 4 is 17.8 Å². The predicted molar refractivity (Wildman–Crippen MR) is 38.9 cm³/mol. The molecule has 3 N–H and O–H groups in total. The van der Waals surface area contributed by atoms with E-state index in [9.17, 15) is 14.4 Å². The van der Waals surface area contributed by atoms with Crippen molar-refractivity contribution in [1.82, 2.24) is 10.2 Å². The van der Waals surface area contributed by atoms with Crippen molar-refractivity contribution in [3.05, 3.63) is 0 Å². The van der Waals surface area contributed by atoms with E-state index in [-0.39, 0.29) is 25.4 Å². The van der Waals surface area contributed by atoms with Crippen molar-refractivity contribution in [2.75, 3.05) is 13.1 Å². The highest BCUT2D eigenvalue weighted by atomic mass is 16.2. The van der Waals surface area contributed by atoms with Crippen LogP contribution in [0.1, 0.15) is 6.42 Å². The van der Waals surface area contributed by atoms with Gasteiger partial charge in [-0.3, -0.25) is 14.9 Å². The van der Waals surface area contributed by atoms with Gasteiger partial charge in [0.1, 0.15) is 6.54 Å². The molecule has 66 valence electrons. The van der Waals surface area contributed by atoms with Crippen LogP contribution in [0.3, 0.4) is 0 Å². The lowest BCUT2D eigenvalue weighted by Crippen LogP contribution is -2.51. The number of amides is 4. The number of imide groups is 1. The lowest BCUT2D eigenvalue weighted by atomic mass is 10.3. The van der Waals surface area contributed by atoms with E-state index in [1.165, 1.54) is 4.90 Å². The van der Waals surface area contributed by atoms with Crippen LogP contribution in [0.5, 0.6) is 0 Å². The molecule has 0 aromatic heterocycles. The number of hydrogen-bond acceptors (Lipinski definition) is 3. The summed E-state index contributed by atoms with van der Waals surface area (Å²) >= 11 is 0. The van der Waals surface area contributed by atoms with Crippen LogP contribution in [0.15, 0.2) is 0 Å². The molecule has 1 aliphatic heterocycles. The summed E-state index contributed by atoms with van der Waals surface area (Å²) in [6.45, 7) is 0.118. The summed E-state index contributed by atoms with van der Waals surface area (Å²) in [5.74, 6) is -0.903. The van der Waals surface area contributed by atoms with Crippen molar-refractivity contribution in [3.8, 4) is 0 Å². The number of hydrogen-bond donors (Lipinski definition) is 2. The number of carbonyl (C=O) groups is 3. The van der Waals surface area contributed by atoms with Crippen LogP contribution in [0.2, 0.25) is 0 Å². The van der Waals surface area contributed by atoms with E-state index in [4.69, 9.17) is 5.73 Å². The molecule has 0 bridgehead atoms. The van der Waals surface area contributed by atoms with Crippen LogP contribution in [0.4, 0.5) is 4.79 Å². The van der Waals surface area contributed by atoms with Gasteiger partial charge in [-0.15, -0.1) is 0 Å². The SMILES string of the molecule is NC(=O)CN1CCC(=O)NC1=O. The highest BCUT2D eigenvalue weighted by Gasteiger charge is 2.23. The third kappa shape index (κ3) is 1.94. The lowest BCUT2D eigenvalue weighted by Gasteiger charge is -2.24. The quantitative estimate of drug-likeness (QED) is 0.524. The molecule has 0 spiro atoms. The van der Waals surface area contributed by atoms with Crippen molar-refractivity contribution in [2.24, 2.45) is 5.73 Å². The first-order chi connectivity index (χ1) is 5.59. The Hall–Kier alpha value is -1.59. The van der Waals surface area contributed by atoms with Crippen LogP contribution in [-0.4, -0.2) is 35.8 Å². The van der Waals surface area contributed by atoms with Gasteiger partial charge in [-0.2, -0.15) is 0 Å². The van der Waals surface area contributed by atoms with Crippen molar-refractivity contribution in [1.29, 1.82) is 0 Å². The molecular formula is C6H9N3O3. The molecule has 12 heavy (non-hydrogen) atoms. The zero-order chi connectivity index (χ0) is 9.14. The van der Waals surface area contributed by atoms with E-state index in [0.29, 0.717) is 0 Å². The number of nitrogens with one attached hydrogen (secondary N) is 1. The molecule has 1 saturated heterocycles. The van der Waals surface area contributed by atoms with Gasteiger partial charge in [-0.1, -0.05) is 0 Å². The Labute approximate surface area is 68.7 Å². The summed E-state index contributed by atoms with van der Waals surface area (Å²) < 4.78 is 0. The molecule has 6 nitrogen and oxygen atoms in total. The maximum Gasteiger partial charge on any atom is 0.324 e. The first kappa shape index (κ1) is 8.51. The van der Waals surface area contributed by atoms with Gasteiger partial charge in [0.15, 0.2) is 0 Å². The first-order valence-electron chi connectivity index (χ1n) is 3.46. The molecule has 6 heteroatoms. The smallest absolute Gasteiger partial charge is 0.324 e. The Morgan fingerprint density at radius 3 is 2.75 bits per heavy atom. The highest BCUT2D eigenvalue weighted by molar-refractivity contribution is 5.97. The van der Waals surface area contributed by atoms with Gasteiger partial charge >= 0.3 is 6.03 Å². The molecule has 0 aromatic carbocycles. The summed E-state index contributed by atoms with van der Waals surface area (Å²) in [7, 11) is 0. The summed E-state index contributed by atoms with van der Waals surface area (Å²) in [5.41, 5.74) is 4.87. The third-order valence-corrected chi connectivity index (χ3v) is 1.49. The summed E-state index contributed by atoms with van der Waals surface area (Å²) in [6, 6.07) is -0.551. The maximum absolute atomic E-state index is 10.9. The minimum atomic E-state index is -0.584. The van der Waals surface area contributed by atoms with Gasteiger partial charge in [0.25, 0.3) is 0 Å². The molecule has 0 saturated carbocycles. The van der Waals surface area contributed by atoms with Gasteiger partial charge in [0, 0.05) is 13.0 Å². The predicted octanol–water partition coefficient (Wildman–Crippen LogP) is -1.59. The summed E-state index contributed by atoms with van der Waals surface area (Å²) in [6.07, 6.45) is 0.221. The Balaban J connectivity index is 2.51. The van der Waals surface area contributed by atoms with Crippen LogP contribution in [0.25, 0.3) is 0 Å². The van der Waals surface area contributed by atoms with Crippen molar-refractivity contribution in [3.63, 3.8) is 0 Å². The van der Waals surface area contributed by atoms with Gasteiger partial charge in [-0.05, 0) is 0 Å². The number of nitrogens with zero attached hydrogens (tertiary/aromatic N) is 1. The number of nitrogens with two attached hydrogens (primary N) is 1. The summed E-state index contributed by atoms with van der Waals surface area (Å²) in [5, 5.41) is 2.08. The minimum Gasteiger partial charge on any atom is -0.368 e. The van der Waals surface area contributed by atoms with Crippen LogP contribution >= 0.6 is 0 Å². The van der Waals surface area contributed by atoms with Gasteiger partial charge in [0.05, 0.1) is 0 Å². The first-order valence-corrected chi connectivity index (χ1v) is 3.46. The Morgan fingerprint density at radius 1 is 1.58 bits per heavy atom. The van der Waals surface area contributed by atoms with E-state index in [0.717, 1.165) is 0 Å². The van der Waals surface area contributed by atoms with Crippen LogP contribution in [0, 0.1) is 0 Å². The van der Waals surface area contributed by atoms with Crippen LogP contribution in [-0.2, 0) is 9.59 Å². The fourth-order valence-electron chi connectivity index (χ4n) is 0.938. The molecule has 0 atom stereocenters. The zero-order valence-electron chi connectivity index (χ0n) is 6.37. The van der Waals surface area contributed by atoms with E-state index in [1.54, 1.807) is 0 Å². The number of rotatable bonds is 2. The molecule has 1 fully saturated rings. The van der Waals surface area contributed by atoms with Crippen molar-refractivity contribution < 1.29 is 14.4 Å². The second kappa shape index (κ2) is 3.21.